The number of halogens is 1. The first-order chi connectivity index (χ1) is 10.1. The van der Waals surface area contributed by atoms with E-state index in [1.807, 2.05) is 0 Å². The Hall–Kier alpha value is -0.720. The maximum atomic E-state index is 4.85. The van der Waals surface area contributed by atoms with Crippen molar-refractivity contribution >= 4 is 21.7 Å². The summed E-state index contributed by atoms with van der Waals surface area (Å²) in [5, 5.41) is 3.35. The third kappa shape index (κ3) is 3.93. The Morgan fingerprint density at radius 3 is 2.67 bits per heavy atom. The number of nitrogens with zero attached hydrogens (tertiary/aromatic N) is 4. The van der Waals surface area contributed by atoms with Gasteiger partial charge >= 0.3 is 0 Å². The summed E-state index contributed by atoms with van der Waals surface area (Å²) in [4.78, 5) is 14.3. The molecule has 1 atom stereocenters. The Balaban J connectivity index is 2.37. The van der Waals surface area contributed by atoms with E-state index in [4.69, 9.17) is 9.97 Å². The van der Waals surface area contributed by atoms with Crippen molar-refractivity contribution in [1.29, 1.82) is 0 Å². The molecule has 5 nitrogen and oxygen atoms in total. The van der Waals surface area contributed by atoms with Crippen LogP contribution in [0.1, 0.15) is 37.8 Å². The third-order valence-electron chi connectivity index (χ3n) is 3.92. The molecule has 21 heavy (non-hydrogen) atoms. The molecule has 0 saturated carbocycles. The van der Waals surface area contributed by atoms with Crippen LogP contribution >= 0.6 is 15.9 Å². The summed E-state index contributed by atoms with van der Waals surface area (Å²) in [7, 11) is 4.33. The van der Waals surface area contributed by atoms with Crippen molar-refractivity contribution in [2.75, 3.05) is 45.6 Å². The van der Waals surface area contributed by atoms with E-state index in [2.05, 4.69) is 59.0 Å². The van der Waals surface area contributed by atoms with E-state index >= 15 is 0 Å². The Kier molecular flexibility index (Phi) is 5.96. The second-order valence-electron chi connectivity index (χ2n) is 5.73. The summed E-state index contributed by atoms with van der Waals surface area (Å²) in [6.07, 6.45) is 2.06. The molecule has 2 rings (SSSR count). The van der Waals surface area contributed by atoms with Crippen molar-refractivity contribution in [2.45, 2.75) is 32.7 Å². The van der Waals surface area contributed by atoms with Crippen LogP contribution in [0.5, 0.6) is 0 Å². The van der Waals surface area contributed by atoms with E-state index in [0.29, 0.717) is 0 Å². The smallest absolute Gasteiger partial charge is 0.149 e. The lowest BCUT2D eigenvalue weighted by Gasteiger charge is -2.37. The summed E-state index contributed by atoms with van der Waals surface area (Å²) < 4.78 is 1.02. The van der Waals surface area contributed by atoms with Crippen LogP contribution in [0, 0.1) is 0 Å². The summed E-state index contributed by atoms with van der Waals surface area (Å²) in [6, 6.07) is 0.268. The molecule has 0 aliphatic carbocycles. The Labute approximate surface area is 136 Å². The van der Waals surface area contributed by atoms with Crippen LogP contribution < -0.4 is 5.32 Å². The molecule has 1 fully saturated rings. The highest BCUT2D eigenvalue weighted by molar-refractivity contribution is 9.10. The van der Waals surface area contributed by atoms with E-state index in [9.17, 15) is 0 Å². The van der Waals surface area contributed by atoms with Crippen LogP contribution in [-0.2, 0) is 6.42 Å². The maximum absolute atomic E-state index is 4.85. The molecule has 1 aromatic heterocycles. The Morgan fingerprint density at radius 1 is 1.24 bits per heavy atom. The van der Waals surface area contributed by atoms with Crippen molar-refractivity contribution < 1.29 is 0 Å². The largest absolute Gasteiger partial charge is 0.369 e. The molecule has 0 aromatic carbocycles. The molecule has 118 valence electrons. The minimum absolute atomic E-state index is 0.268. The van der Waals surface area contributed by atoms with Gasteiger partial charge in [0, 0.05) is 26.2 Å². The SMILES string of the molecule is CCCc1nc(C2CN(C)CCN2C)nc(NCC)c1Br. The second kappa shape index (κ2) is 7.51. The molecule has 1 unspecified atom stereocenters. The molecular formula is C15H26BrN5. The molecule has 1 aliphatic heterocycles. The fourth-order valence-electron chi connectivity index (χ4n) is 2.64. The van der Waals surface area contributed by atoms with E-state index < -0.39 is 0 Å². The summed E-state index contributed by atoms with van der Waals surface area (Å²) in [6.45, 7) is 8.28. The van der Waals surface area contributed by atoms with Gasteiger partial charge in [-0.15, -0.1) is 0 Å². The molecular weight excluding hydrogens is 330 g/mol. The van der Waals surface area contributed by atoms with Gasteiger partial charge in [0.2, 0.25) is 0 Å². The summed E-state index contributed by atoms with van der Waals surface area (Å²) in [5.74, 6) is 1.86. The zero-order valence-electron chi connectivity index (χ0n) is 13.5. The predicted molar refractivity (Wildman–Crippen MR) is 90.8 cm³/mol. The topological polar surface area (TPSA) is 44.3 Å². The molecule has 1 aliphatic rings. The highest BCUT2D eigenvalue weighted by Gasteiger charge is 2.27. The van der Waals surface area contributed by atoms with Gasteiger partial charge in [-0.1, -0.05) is 13.3 Å². The quantitative estimate of drug-likeness (QED) is 0.879. The van der Waals surface area contributed by atoms with Crippen molar-refractivity contribution in [3.8, 4) is 0 Å². The van der Waals surface area contributed by atoms with Gasteiger partial charge in [0.15, 0.2) is 0 Å². The zero-order valence-corrected chi connectivity index (χ0v) is 15.1. The van der Waals surface area contributed by atoms with Crippen LogP contribution in [0.3, 0.4) is 0 Å². The van der Waals surface area contributed by atoms with Gasteiger partial charge in [0.25, 0.3) is 0 Å². The highest BCUT2D eigenvalue weighted by atomic mass is 79.9. The van der Waals surface area contributed by atoms with Crippen LogP contribution in [-0.4, -0.2) is 60.0 Å². The van der Waals surface area contributed by atoms with Crippen LogP contribution in [0.15, 0.2) is 4.47 Å². The number of aryl methyl sites for hydroxylation is 1. The maximum Gasteiger partial charge on any atom is 0.149 e. The molecule has 0 radical (unpaired) electrons. The fraction of sp³-hybridized carbons (Fsp3) is 0.733. The normalized spacial score (nSPS) is 20.7. The van der Waals surface area contributed by atoms with Crippen LogP contribution in [0.4, 0.5) is 5.82 Å². The lowest BCUT2D eigenvalue weighted by atomic mass is 10.1. The van der Waals surface area contributed by atoms with Gasteiger partial charge < -0.3 is 10.2 Å². The second-order valence-corrected chi connectivity index (χ2v) is 6.52. The molecule has 6 heteroatoms. The average molecular weight is 356 g/mol. The van der Waals surface area contributed by atoms with Gasteiger partial charge in [-0.05, 0) is 43.4 Å². The first kappa shape index (κ1) is 16.6. The number of likely N-dealkylation sites (N-methyl/N-ethyl adjacent to an activating group) is 2. The lowest BCUT2D eigenvalue weighted by molar-refractivity contribution is 0.109. The fourth-order valence-corrected chi connectivity index (χ4v) is 3.15. The van der Waals surface area contributed by atoms with E-state index in [0.717, 1.165) is 60.8 Å². The van der Waals surface area contributed by atoms with E-state index in [1.54, 1.807) is 0 Å². The van der Waals surface area contributed by atoms with Crippen molar-refractivity contribution in [2.24, 2.45) is 0 Å². The van der Waals surface area contributed by atoms with E-state index in [1.165, 1.54) is 0 Å². The zero-order chi connectivity index (χ0) is 15.4. The van der Waals surface area contributed by atoms with Gasteiger partial charge in [0.1, 0.15) is 11.6 Å². The highest BCUT2D eigenvalue weighted by Crippen LogP contribution is 2.28. The molecule has 0 amide bonds. The number of anilines is 1. The minimum Gasteiger partial charge on any atom is -0.369 e. The summed E-state index contributed by atoms with van der Waals surface area (Å²) in [5.41, 5.74) is 1.11. The first-order valence-electron chi connectivity index (χ1n) is 7.75. The van der Waals surface area contributed by atoms with E-state index in [-0.39, 0.29) is 6.04 Å². The number of hydrogen-bond donors (Lipinski definition) is 1. The summed E-state index contributed by atoms with van der Waals surface area (Å²) >= 11 is 3.66. The molecule has 0 bridgehead atoms. The molecule has 1 aromatic rings. The molecule has 1 N–H and O–H groups in total. The molecule has 2 heterocycles. The van der Waals surface area contributed by atoms with Crippen molar-refractivity contribution in [1.82, 2.24) is 19.8 Å². The monoisotopic (exact) mass is 355 g/mol. The van der Waals surface area contributed by atoms with Gasteiger partial charge in [-0.3, -0.25) is 4.90 Å². The number of hydrogen-bond acceptors (Lipinski definition) is 5. The van der Waals surface area contributed by atoms with Gasteiger partial charge in [-0.2, -0.15) is 0 Å². The molecule has 0 spiro atoms. The number of nitrogens with one attached hydrogen (secondary N) is 1. The molecule has 1 saturated heterocycles. The van der Waals surface area contributed by atoms with Crippen molar-refractivity contribution in [3.05, 3.63) is 16.0 Å². The average Bonchev–Trinajstić information content (AvgIpc) is 2.46. The lowest BCUT2D eigenvalue weighted by Crippen LogP contribution is -2.45. The number of piperazine rings is 1. The standard InChI is InChI=1S/C15H26BrN5/c1-5-7-11-13(16)15(17-6-2)19-14(18-11)12-10-20(3)8-9-21(12)4/h12H,5-10H2,1-4H3,(H,17,18,19). The van der Waals surface area contributed by atoms with Crippen molar-refractivity contribution in [3.63, 3.8) is 0 Å². The minimum atomic E-state index is 0.268. The van der Waals surface area contributed by atoms with Gasteiger partial charge in [-0.25, -0.2) is 9.97 Å². The first-order valence-corrected chi connectivity index (χ1v) is 8.55. The number of rotatable bonds is 5. The van der Waals surface area contributed by atoms with Crippen LogP contribution in [0.2, 0.25) is 0 Å². The third-order valence-corrected chi connectivity index (χ3v) is 4.75. The van der Waals surface area contributed by atoms with Gasteiger partial charge in [0.05, 0.1) is 16.2 Å². The number of aromatic nitrogens is 2. The predicted octanol–water partition coefficient (Wildman–Crippen LogP) is 2.54. The Morgan fingerprint density at radius 2 is 2.00 bits per heavy atom. The van der Waals surface area contributed by atoms with Crippen LogP contribution in [0.25, 0.3) is 0 Å². The Bertz CT molecular complexity index is 452.